The number of likely N-dealkylation sites (N-methyl/N-ethyl adjacent to an activating group) is 1. The van der Waals surface area contributed by atoms with E-state index in [0.717, 1.165) is 13.1 Å². The van der Waals surface area contributed by atoms with Crippen molar-refractivity contribution in [1.29, 1.82) is 0 Å². The summed E-state index contributed by atoms with van der Waals surface area (Å²) < 4.78 is 0. The Morgan fingerprint density at radius 3 is 2.75 bits per heavy atom. The van der Waals surface area contributed by atoms with Gasteiger partial charge in [-0.1, -0.05) is 6.92 Å². The number of hydrogen-bond acceptors (Lipinski definition) is 3. The maximum absolute atomic E-state index is 11.3. The summed E-state index contributed by atoms with van der Waals surface area (Å²) in [4.78, 5) is 24.4. The molecule has 0 aliphatic carbocycles. The van der Waals surface area contributed by atoms with E-state index in [4.69, 9.17) is 0 Å². The van der Waals surface area contributed by atoms with Gasteiger partial charge in [0.1, 0.15) is 5.78 Å². The molecule has 0 saturated carbocycles. The molecule has 12 heavy (non-hydrogen) atoms. The average Bonchev–Trinajstić information content (AvgIpc) is 2.03. The third-order valence-electron chi connectivity index (χ3n) is 2.44. The lowest BCUT2D eigenvalue weighted by Crippen LogP contribution is -2.42. The van der Waals surface area contributed by atoms with Crippen molar-refractivity contribution in [2.24, 2.45) is 5.92 Å². The molecule has 0 radical (unpaired) electrons. The molecule has 1 saturated heterocycles. The van der Waals surface area contributed by atoms with Crippen LogP contribution in [0.25, 0.3) is 0 Å². The van der Waals surface area contributed by atoms with Crippen LogP contribution in [0.2, 0.25) is 0 Å². The summed E-state index contributed by atoms with van der Waals surface area (Å²) in [6, 6.07) is 0. The number of likely N-dealkylation sites (tertiary alicyclic amines) is 1. The standard InChI is InChI=1S/C9H15NO2/c1-3-10-5-4-8(7(2)11)9(12)6-10/h8H,3-6H2,1-2H3. The molecular weight excluding hydrogens is 154 g/mol. The van der Waals surface area contributed by atoms with Gasteiger partial charge in [0, 0.05) is 0 Å². The van der Waals surface area contributed by atoms with Crippen molar-refractivity contribution in [3.63, 3.8) is 0 Å². The Bertz CT molecular complexity index is 201. The fourth-order valence-electron chi connectivity index (χ4n) is 1.58. The molecule has 0 bridgehead atoms. The first-order valence-electron chi connectivity index (χ1n) is 4.40. The maximum Gasteiger partial charge on any atom is 0.157 e. The average molecular weight is 169 g/mol. The van der Waals surface area contributed by atoms with Gasteiger partial charge in [0.15, 0.2) is 5.78 Å². The molecule has 1 fully saturated rings. The molecule has 1 atom stereocenters. The van der Waals surface area contributed by atoms with Crippen molar-refractivity contribution in [2.45, 2.75) is 20.3 Å². The Morgan fingerprint density at radius 1 is 1.67 bits per heavy atom. The smallest absolute Gasteiger partial charge is 0.157 e. The van der Waals surface area contributed by atoms with Crippen LogP contribution in [0, 0.1) is 5.92 Å². The molecule has 3 nitrogen and oxygen atoms in total. The molecule has 3 heteroatoms. The first-order chi connectivity index (χ1) is 5.65. The summed E-state index contributed by atoms with van der Waals surface area (Å²) in [6.45, 7) is 5.77. The Balaban J connectivity index is 2.54. The Hall–Kier alpha value is -0.700. The van der Waals surface area contributed by atoms with Crippen LogP contribution < -0.4 is 0 Å². The number of hydrogen-bond donors (Lipinski definition) is 0. The van der Waals surface area contributed by atoms with E-state index in [1.54, 1.807) is 0 Å². The number of carbonyl (C=O) groups excluding carboxylic acids is 2. The van der Waals surface area contributed by atoms with E-state index in [-0.39, 0.29) is 17.5 Å². The fraction of sp³-hybridized carbons (Fsp3) is 0.778. The number of nitrogens with zero attached hydrogens (tertiary/aromatic N) is 1. The SMILES string of the molecule is CCN1CCC(C(C)=O)C(=O)C1. The van der Waals surface area contributed by atoms with Crippen LogP contribution in [0.1, 0.15) is 20.3 Å². The highest BCUT2D eigenvalue weighted by Gasteiger charge is 2.28. The second kappa shape index (κ2) is 3.81. The summed E-state index contributed by atoms with van der Waals surface area (Å²) in [7, 11) is 0. The lowest BCUT2D eigenvalue weighted by Gasteiger charge is -2.28. The van der Waals surface area contributed by atoms with E-state index >= 15 is 0 Å². The highest BCUT2D eigenvalue weighted by molar-refractivity contribution is 6.02. The molecule has 68 valence electrons. The Labute approximate surface area is 72.7 Å². The van der Waals surface area contributed by atoms with Crippen LogP contribution in [-0.2, 0) is 9.59 Å². The van der Waals surface area contributed by atoms with Crippen molar-refractivity contribution < 1.29 is 9.59 Å². The minimum Gasteiger partial charge on any atom is -0.299 e. The third kappa shape index (κ3) is 1.91. The number of carbonyl (C=O) groups is 2. The van der Waals surface area contributed by atoms with Gasteiger partial charge < -0.3 is 0 Å². The second-order valence-electron chi connectivity index (χ2n) is 3.29. The van der Waals surface area contributed by atoms with Crippen LogP contribution in [0.5, 0.6) is 0 Å². The largest absolute Gasteiger partial charge is 0.299 e. The van der Waals surface area contributed by atoms with Crippen molar-refractivity contribution in [1.82, 2.24) is 4.90 Å². The summed E-state index contributed by atoms with van der Waals surface area (Å²) in [6.07, 6.45) is 0.710. The topological polar surface area (TPSA) is 37.4 Å². The molecule has 1 aliphatic rings. The summed E-state index contributed by atoms with van der Waals surface area (Å²) in [5, 5.41) is 0. The molecule has 0 amide bonds. The van der Waals surface area contributed by atoms with E-state index in [2.05, 4.69) is 4.90 Å². The molecule has 0 aromatic rings. The highest BCUT2D eigenvalue weighted by atomic mass is 16.2. The van der Waals surface area contributed by atoms with Crippen molar-refractivity contribution >= 4 is 11.6 Å². The number of Topliss-reactive ketones (excluding diaryl/α,β-unsaturated/α-hetero) is 2. The monoisotopic (exact) mass is 169 g/mol. The van der Waals surface area contributed by atoms with Gasteiger partial charge >= 0.3 is 0 Å². The van der Waals surface area contributed by atoms with Gasteiger partial charge in [-0.25, -0.2) is 0 Å². The van der Waals surface area contributed by atoms with Crippen molar-refractivity contribution in [3.05, 3.63) is 0 Å². The zero-order chi connectivity index (χ0) is 9.14. The second-order valence-corrected chi connectivity index (χ2v) is 3.29. The fourth-order valence-corrected chi connectivity index (χ4v) is 1.58. The van der Waals surface area contributed by atoms with Crippen molar-refractivity contribution in [2.75, 3.05) is 19.6 Å². The molecule has 1 heterocycles. The Kier molecular flexibility index (Phi) is 2.98. The lowest BCUT2D eigenvalue weighted by molar-refractivity contribution is -0.134. The van der Waals surface area contributed by atoms with Gasteiger partial charge in [0.25, 0.3) is 0 Å². The normalized spacial score (nSPS) is 25.8. The molecule has 1 aliphatic heterocycles. The van der Waals surface area contributed by atoms with E-state index in [9.17, 15) is 9.59 Å². The van der Waals surface area contributed by atoms with Crippen LogP contribution in [-0.4, -0.2) is 36.1 Å². The van der Waals surface area contributed by atoms with Gasteiger partial charge in [-0.3, -0.25) is 14.5 Å². The van der Waals surface area contributed by atoms with E-state index in [1.165, 1.54) is 6.92 Å². The molecule has 0 N–H and O–H groups in total. The third-order valence-corrected chi connectivity index (χ3v) is 2.44. The van der Waals surface area contributed by atoms with E-state index in [1.807, 2.05) is 6.92 Å². The maximum atomic E-state index is 11.3. The number of ketones is 2. The first-order valence-corrected chi connectivity index (χ1v) is 4.40. The van der Waals surface area contributed by atoms with Gasteiger partial charge in [-0.2, -0.15) is 0 Å². The summed E-state index contributed by atoms with van der Waals surface area (Å²) in [5.41, 5.74) is 0. The van der Waals surface area contributed by atoms with Crippen LogP contribution >= 0.6 is 0 Å². The number of piperidine rings is 1. The van der Waals surface area contributed by atoms with E-state index < -0.39 is 0 Å². The van der Waals surface area contributed by atoms with Crippen LogP contribution in [0.3, 0.4) is 0 Å². The minimum atomic E-state index is -0.312. The minimum absolute atomic E-state index is 0.0238. The van der Waals surface area contributed by atoms with Crippen LogP contribution in [0.15, 0.2) is 0 Å². The summed E-state index contributed by atoms with van der Waals surface area (Å²) in [5.74, 6) is -0.195. The van der Waals surface area contributed by atoms with Gasteiger partial charge in [-0.15, -0.1) is 0 Å². The molecular formula is C9H15NO2. The lowest BCUT2D eigenvalue weighted by atomic mass is 9.92. The predicted molar refractivity (Wildman–Crippen MR) is 45.9 cm³/mol. The molecule has 0 spiro atoms. The highest BCUT2D eigenvalue weighted by Crippen LogP contribution is 2.14. The zero-order valence-corrected chi connectivity index (χ0v) is 7.67. The molecule has 0 aromatic carbocycles. The molecule has 0 aromatic heterocycles. The van der Waals surface area contributed by atoms with Crippen LogP contribution in [0.4, 0.5) is 0 Å². The first kappa shape index (κ1) is 9.39. The van der Waals surface area contributed by atoms with Gasteiger partial charge in [-0.05, 0) is 26.4 Å². The molecule has 1 rings (SSSR count). The predicted octanol–water partition coefficient (Wildman–Crippen LogP) is 0.486. The van der Waals surface area contributed by atoms with Gasteiger partial charge in [0.05, 0.1) is 12.5 Å². The van der Waals surface area contributed by atoms with Crippen molar-refractivity contribution in [3.8, 4) is 0 Å². The Morgan fingerprint density at radius 2 is 2.33 bits per heavy atom. The zero-order valence-electron chi connectivity index (χ0n) is 7.67. The molecule has 1 unspecified atom stereocenters. The quantitative estimate of drug-likeness (QED) is 0.564. The number of rotatable bonds is 2. The van der Waals surface area contributed by atoms with Gasteiger partial charge in [0.2, 0.25) is 0 Å². The summed E-state index contributed by atoms with van der Waals surface area (Å²) >= 11 is 0. The van der Waals surface area contributed by atoms with E-state index in [0.29, 0.717) is 13.0 Å².